The number of likely N-dealkylation sites (tertiary alicyclic amines) is 1. The van der Waals surface area contributed by atoms with Crippen molar-refractivity contribution in [1.82, 2.24) is 4.90 Å². The molecule has 1 atom stereocenters. The van der Waals surface area contributed by atoms with Crippen molar-refractivity contribution in [2.75, 3.05) is 20.8 Å². The first kappa shape index (κ1) is 16.3. The molecule has 1 aliphatic rings. The highest BCUT2D eigenvalue weighted by Crippen LogP contribution is 2.39. The Bertz CT molecular complexity index is 747. The van der Waals surface area contributed by atoms with Gasteiger partial charge in [0.2, 0.25) is 0 Å². The predicted molar refractivity (Wildman–Crippen MR) is 89.0 cm³/mol. The highest BCUT2D eigenvalue weighted by molar-refractivity contribution is 5.94. The van der Waals surface area contributed by atoms with Gasteiger partial charge < -0.3 is 14.4 Å². The fourth-order valence-electron chi connectivity index (χ4n) is 3.21. The molecule has 1 heterocycles. The minimum absolute atomic E-state index is 0.0818. The molecular formula is C19H20FNO3. The van der Waals surface area contributed by atoms with Crippen LogP contribution in [0.2, 0.25) is 0 Å². The van der Waals surface area contributed by atoms with Crippen molar-refractivity contribution in [3.05, 3.63) is 59.4 Å². The number of carbonyl (C=O) groups excluding carboxylic acids is 1. The van der Waals surface area contributed by atoms with Crippen LogP contribution < -0.4 is 9.47 Å². The summed E-state index contributed by atoms with van der Waals surface area (Å²) < 4.78 is 24.1. The molecule has 5 heteroatoms. The van der Waals surface area contributed by atoms with Crippen LogP contribution in [0, 0.1) is 5.82 Å². The maximum absolute atomic E-state index is 13.4. The van der Waals surface area contributed by atoms with Gasteiger partial charge in [-0.25, -0.2) is 4.39 Å². The number of amides is 1. The van der Waals surface area contributed by atoms with Crippen LogP contribution >= 0.6 is 0 Å². The number of nitrogens with zero attached hydrogens (tertiary/aromatic N) is 1. The zero-order valence-electron chi connectivity index (χ0n) is 13.8. The second-order valence-electron chi connectivity index (χ2n) is 5.77. The quantitative estimate of drug-likeness (QED) is 0.856. The third kappa shape index (κ3) is 3.07. The summed E-state index contributed by atoms with van der Waals surface area (Å²) in [5, 5.41) is 0. The lowest BCUT2D eigenvalue weighted by Crippen LogP contribution is -2.30. The molecule has 0 aromatic heterocycles. The fraction of sp³-hybridized carbons (Fsp3) is 0.316. The molecule has 2 aromatic rings. The van der Waals surface area contributed by atoms with E-state index in [9.17, 15) is 9.18 Å². The van der Waals surface area contributed by atoms with Gasteiger partial charge in [-0.1, -0.05) is 6.07 Å². The van der Waals surface area contributed by atoms with Crippen LogP contribution in [0.5, 0.6) is 11.5 Å². The van der Waals surface area contributed by atoms with Gasteiger partial charge in [0.15, 0.2) is 0 Å². The Hall–Kier alpha value is -2.56. The average molecular weight is 329 g/mol. The van der Waals surface area contributed by atoms with Gasteiger partial charge in [0.25, 0.3) is 5.91 Å². The molecule has 1 fully saturated rings. The van der Waals surface area contributed by atoms with Crippen molar-refractivity contribution in [2.24, 2.45) is 0 Å². The number of rotatable bonds is 4. The Labute approximate surface area is 140 Å². The summed E-state index contributed by atoms with van der Waals surface area (Å²) in [6.07, 6.45) is 1.75. The summed E-state index contributed by atoms with van der Waals surface area (Å²) in [7, 11) is 3.20. The molecule has 0 aliphatic carbocycles. The van der Waals surface area contributed by atoms with Gasteiger partial charge in [-0.3, -0.25) is 4.79 Å². The van der Waals surface area contributed by atoms with Crippen molar-refractivity contribution in [3.63, 3.8) is 0 Å². The van der Waals surface area contributed by atoms with Gasteiger partial charge in [0.1, 0.15) is 17.3 Å². The first-order chi connectivity index (χ1) is 11.6. The monoisotopic (exact) mass is 329 g/mol. The Morgan fingerprint density at radius 2 is 2.00 bits per heavy atom. The molecule has 0 bridgehead atoms. The molecule has 0 saturated carbocycles. The number of carbonyl (C=O) groups is 1. The van der Waals surface area contributed by atoms with E-state index in [1.807, 2.05) is 18.2 Å². The summed E-state index contributed by atoms with van der Waals surface area (Å²) in [6.45, 7) is 0.648. The maximum Gasteiger partial charge on any atom is 0.254 e. The first-order valence-electron chi connectivity index (χ1n) is 7.92. The van der Waals surface area contributed by atoms with E-state index >= 15 is 0 Å². The summed E-state index contributed by atoms with van der Waals surface area (Å²) in [5.74, 6) is 0.836. The lowest BCUT2D eigenvalue weighted by molar-refractivity contribution is 0.0733. The minimum atomic E-state index is -0.404. The Morgan fingerprint density at radius 1 is 1.17 bits per heavy atom. The molecule has 2 aromatic carbocycles. The van der Waals surface area contributed by atoms with Gasteiger partial charge in [-0.15, -0.1) is 0 Å². The lowest BCUT2D eigenvalue weighted by atomic mass is 10.0. The van der Waals surface area contributed by atoms with Gasteiger partial charge >= 0.3 is 0 Å². The molecular weight excluding hydrogens is 309 g/mol. The molecule has 24 heavy (non-hydrogen) atoms. The first-order valence-corrected chi connectivity index (χ1v) is 7.92. The van der Waals surface area contributed by atoms with Gasteiger partial charge in [0.05, 0.1) is 20.3 Å². The van der Waals surface area contributed by atoms with Crippen LogP contribution in [0.3, 0.4) is 0 Å². The zero-order valence-corrected chi connectivity index (χ0v) is 13.8. The largest absolute Gasteiger partial charge is 0.497 e. The third-order valence-electron chi connectivity index (χ3n) is 4.38. The lowest BCUT2D eigenvalue weighted by Gasteiger charge is -2.26. The van der Waals surface area contributed by atoms with E-state index in [-0.39, 0.29) is 11.9 Å². The molecule has 126 valence electrons. The number of hydrogen-bond acceptors (Lipinski definition) is 3. The van der Waals surface area contributed by atoms with Crippen molar-refractivity contribution >= 4 is 5.91 Å². The van der Waals surface area contributed by atoms with Crippen molar-refractivity contribution in [3.8, 4) is 11.5 Å². The van der Waals surface area contributed by atoms with Gasteiger partial charge in [-0.05, 0) is 43.2 Å². The van der Waals surface area contributed by atoms with E-state index in [2.05, 4.69) is 0 Å². The average Bonchev–Trinajstić information content (AvgIpc) is 3.09. The fourth-order valence-corrected chi connectivity index (χ4v) is 3.21. The highest BCUT2D eigenvalue weighted by atomic mass is 19.1. The number of benzene rings is 2. The molecule has 0 spiro atoms. The summed E-state index contributed by atoms with van der Waals surface area (Å²) in [6, 6.07) is 11.3. The minimum Gasteiger partial charge on any atom is -0.497 e. The van der Waals surface area contributed by atoms with E-state index in [4.69, 9.17) is 9.47 Å². The van der Waals surface area contributed by atoms with E-state index in [0.29, 0.717) is 23.6 Å². The van der Waals surface area contributed by atoms with Crippen LogP contribution in [0.1, 0.15) is 34.8 Å². The van der Waals surface area contributed by atoms with Crippen LogP contribution in [-0.2, 0) is 0 Å². The number of halogens is 1. The van der Waals surface area contributed by atoms with E-state index in [1.54, 1.807) is 31.3 Å². The van der Waals surface area contributed by atoms with Gasteiger partial charge in [0, 0.05) is 23.7 Å². The topological polar surface area (TPSA) is 38.8 Å². The number of ether oxygens (including phenoxy) is 2. The molecule has 1 amide bonds. The number of hydrogen-bond donors (Lipinski definition) is 0. The van der Waals surface area contributed by atoms with E-state index in [0.717, 1.165) is 18.4 Å². The second kappa shape index (κ2) is 6.91. The van der Waals surface area contributed by atoms with Crippen LogP contribution in [-0.4, -0.2) is 31.6 Å². The summed E-state index contributed by atoms with van der Waals surface area (Å²) in [5.41, 5.74) is 1.31. The molecule has 3 rings (SSSR count). The smallest absolute Gasteiger partial charge is 0.254 e. The Kier molecular flexibility index (Phi) is 4.69. The van der Waals surface area contributed by atoms with Crippen LogP contribution in [0.15, 0.2) is 42.5 Å². The second-order valence-corrected chi connectivity index (χ2v) is 5.77. The van der Waals surface area contributed by atoms with Gasteiger partial charge in [-0.2, -0.15) is 0 Å². The Balaban J connectivity index is 1.92. The van der Waals surface area contributed by atoms with Crippen LogP contribution in [0.4, 0.5) is 4.39 Å². The molecule has 1 saturated heterocycles. The highest BCUT2D eigenvalue weighted by Gasteiger charge is 2.32. The van der Waals surface area contributed by atoms with Crippen molar-refractivity contribution < 1.29 is 18.7 Å². The third-order valence-corrected chi connectivity index (χ3v) is 4.38. The Morgan fingerprint density at radius 3 is 2.71 bits per heavy atom. The molecule has 0 radical (unpaired) electrons. The molecule has 1 unspecified atom stereocenters. The van der Waals surface area contributed by atoms with E-state index < -0.39 is 5.82 Å². The van der Waals surface area contributed by atoms with Crippen molar-refractivity contribution in [1.29, 1.82) is 0 Å². The van der Waals surface area contributed by atoms with E-state index in [1.165, 1.54) is 12.1 Å². The van der Waals surface area contributed by atoms with Crippen molar-refractivity contribution in [2.45, 2.75) is 18.9 Å². The molecule has 1 aliphatic heterocycles. The SMILES string of the molecule is COc1ccc(C2CCCN2C(=O)c2cccc(F)c2)c(OC)c1. The summed E-state index contributed by atoms with van der Waals surface area (Å²) >= 11 is 0. The zero-order chi connectivity index (χ0) is 17.1. The maximum atomic E-state index is 13.4. The molecule has 4 nitrogen and oxygen atoms in total. The molecule has 0 N–H and O–H groups in total. The number of methoxy groups -OCH3 is 2. The normalized spacial score (nSPS) is 17.0. The standard InChI is InChI=1S/C19H20FNO3/c1-23-15-8-9-16(18(12-15)24-2)17-7-4-10-21(17)19(22)13-5-3-6-14(20)11-13/h3,5-6,8-9,11-12,17H,4,7,10H2,1-2H3. The van der Waals surface area contributed by atoms with Crippen LogP contribution in [0.25, 0.3) is 0 Å². The predicted octanol–water partition coefficient (Wildman–Crippen LogP) is 3.82. The summed E-state index contributed by atoms with van der Waals surface area (Å²) in [4.78, 5) is 14.6.